The van der Waals surface area contributed by atoms with Crippen LogP contribution in [0.5, 0.6) is 0 Å². The zero-order chi connectivity index (χ0) is 9.84. The van der Waals surface area contributed by atoms with Crippen molar-refractivity contribution in [3.8, 4) is 0 Å². The van der Waals surface area contributed by atoms with Crippen molar-refractivity contribution in [1.29, 1.82) is 0 Å². The van der Waals surface area contributed by atoms with Crippen LogP contribution in [0.1, 0.15) is 20.8 Å². The molecule has 0 bridgehead atoms. The second kappa shape index (κ2) is 4.94. The first-order valence-corrected chi connectivity index (χ1v) is 5.02. The molecule has 1 aliphatic heterocycles. The molecular formula is C10H21NO2. The van der Waals surface area contributed by atoms with Gasteiger partial charge < -0.3 is 9.47 Å². The van der Waals surface area contributed by atoms with Gasteiger partial charge in [-0.05, 0) is 20.8 Å². The Morgan fingerprint density at radius 1 is 1.38 bits per heavy atom. The van der Waals surface area contributed by atoms with E-state index in [9.17, 15) is 0 Å². The van der Waals surface area contributed by atoms with Crippen LogP contribution in [0, 0.1) is 0 Å². The standard InChI is InChI=1S/C10H21NO2/c1-8(2)11-5-9(3)13-7-10(6-11)12-4/h8-10H,5-7H2,1-4H3/t9-,10+/m1/s1. The van der Waals surface area contributed by atoms with Crippen LogP contribution in [-0.2, 0) is 9.47 Å². The van der Waals surface area contributed by atoms with E-state index in [4.69, 9.17) is 9.47 Å². The maximum Gasteiger partial charge on any atom is 0.0931 e. The van der Waals surface area contributed by atoms with Crippen LogP contribution in [0.2, 0.25) is 0 Å². The maximum absolute atomic E-state index is 5.62. The average molecular weight is 187 g/mol. The van der Waals surface area contributed by atoms with E-state index < -0.39 is 0 Å². The van der Waals surface area contributed by atoms with E-state index >= 15 is 0 Å². The highest BCUT2D eigenvalue weighted by Gasteiger charge is 2.23. The van der Waals surface area contributed by atoms with E-state index in [1.807, 2.05) is 0 Å². The Balaban J connectivity index is 2.52. The lowest BCUT2D eigenvalue weighted by Crippen LogP contribution is -2.39. The van der Waals surface area contributed by atoms with E-state index in [0.717, 1.165) is 19.7 Å². The van der Waals surface area contributed by atoms with Gasteiger partial charge in [-0.1, -0.05) is 0 Å². The third-order valence-corrected chi connectivity index (χ3v) is 2.56. The molecule has 0 saturated carbocycles. The highest BCUT2D eigenvalue weighted by molar-refractivity contribution is 4.75. The number of methoxy groups -OCH3 is 1. The summed E-state index contributed by atoms with van der Waals surface area (Å²) in [4.78, 5) is 2.41. The smallest absolute Gasteiger partial charge is 0.0931 e. The molecule has 0 N–H and O–H groups in total. The van der Waals surface area contributed by atoms with E-state index in [1.165, 1.54) is 0 Å². The number of hydrogen-bond acceptors (Lipinski definition) is 3. The number of nitrogens with zero attached hydrogens (tertiary/aromatic N) is 1. The molecule has 3 nitrogen and oxygen atoms in total. The van der Waals surface area contributed by atoms with Crippen LogP contribution in [-0.4, -0.2) is 50.0 Å². The molecule has 1 heterocycles. The van der Waals surface area contributed by atoms with Gasteiger partial charge in [-0.2, -0.15) is 0 Å². The third kappa shape index (κ3) is 3.25. The lowest BCUT2D eigenvalue weighted by atomic mass is 10.2. The summed E-state index contributed by atoms with van der Waals surface area (Å²) in [5.41, 5.74) is 0. The summed E-state index contributed by atoms with van der Waals surface area (Å²) in [6.45, 7) is 9.26. The Kier molecular flexibility index (Phi) is 4.16. The van der Waals surface area contributed by atoms with Crippen molar-refractivity contribution >= 4 is 0 Å². The predicted octanol–water partition coefficient (Wildman–Crippen LogP) is 1.13. The summed E-state index contributed by atoms with van der Waals surface area (Å²) >= 11 is 0. The Bertz CT molecular complexity index is 150. The summed E-state index contributed by atoms with van der Waals surface area (Å²) in [5.74, 6) is 0. The first kappa shape index (κ1) is 11.0. The fraction of sp³-hybridized carbons (Fsp3) is 1.00. The number of rotatable bonds is 2. The first-order valence-electron chi connectivity index (χ1n) is 5.02. The molecule has 0 spiro atoms. The topological polar surface area (TPSA) is 21.7 Å². The molecule has 0 unspecified atom stereocenters. The molecule has 1 aliphatic rings. The molecule has 0 radical (unpaired) electrons. The average Bonchev–Trinajstić information content (AvgIpc) is 2.27. The van der Waals surface area contributed by atoms with Crippen molar-refractivity contribution in [1.82, 2.24) is 4.90 Å². The van der Waals surface area contributed by atoms with Crippen molar-refractivity contribution in [3.05, 3.63) is 0 Å². The molecule has 1 saturated heterocycles. The molecule has 1 fully saturated rings. The Labute approximate surface area is 81.0 Å². The van der Waals surface area contributed by atoms with Crippen LogP contribution in [0.4, 0.5) is 0 Å². The van der Waals surface area contributed by atoms with Gasteiger partial charge >= 0.3 is 0 Å². The van der Waals surface area contributed by atoms with E-state index in [2.05, 4.69) is 25.7 Å². The monoisotopic (exact) mass is 187 g/mol. The molecule has 2 atom stereocenters. The van der Waals surface area contributed by atoms with Crippen molar-refractivity contribution in [3.63, 3.8) is 0 Å². The van der Waals surface area contributed by atoms with Gasteiger partial charge in [0.2, 0.25) is 0 Å². The molecule has 3 heteroatoms. The van der Waals surface area contributed by atoms with Gasteiger partial charge in [-0.15, -0.1) is 0 Å². The summed E-state index contributed by atoms with van der Waals surface area (Å²) < 4.78 is 11.0. The Morgan fingerprint density at radius 3 is 2.62 bits per heavy atom. The van der Waals surface area contributed by atoms with Crippen molar-refractivity contribution in [2.24, 2.45) is 0 Å². The van der Waals surface area contributed by atoms with Crippen LogP contribution in [0.3, 0.4) is 0 Å². The Morgan fingerprint density at radius 2 is 2.08 bits per heavy atom. The maximum atomic E-state index is 5.62. The quantitative estimate of drug-likeness (QED) is 0.647. The molecule has 0 aliphatic carbocycles. The highest BCUT2D eigenvalue weighted by Crippen LogP contribution is 2.10. The largest absolute Gasteiger partial charge is 0.378 e. The van der Waals surface area contributed by atoms with Gasteiger partial charge in [0.05, 0.1) is 18.8 Å². The van der Waals surface area contributed by atoms with E-state index in [1.54, 1.807) is 7.11 Å². The minimum Gasteiger partial charge on any atom is -0.378 e. The zero-order valence-corrected chi connectivity index (χ0v) is 9.12. The van der Waals surface area contributed by atoms with Crippen molar-refractivity contribution in [2.75, 3.05) is 26.8 Å². The fourth-order valence-electron chi connectivity index (χ4n) is 1.61. The van der Waals surface area contributed by atoms with Gasteiger partial charge in [0.15, 0.2) is 0 Å². The molecule has 0 aromatic rings. The van der Waals surface area contributed by atoms with Crippen molar-refractivity contribution < 1.29 is 9.47 Å². The zero-order valence-electron chi connectivity index (χ0n) is 9.12. The molecule has 0 aromatic heterocycles. The summed E-state index contributed by atoms with van der Waals surface area (Å²) in [7, 11) is 1.75. The first-order chi connectivity index (χ1) is 6.13. The van der Waals surface area contributed by atoms with Gasteiger partial charge in [0.1, 0.15) is 0 Å². The minimum absolute atomic E-state index is 0.229. The van der Waals surface area contributed by atoms with Crippen LogP contribution in [0.25, 0.3) is 0 Å². The predicted molar refractivity (Wildman–Crippen MR) is 52.9 cm³/mol. The molecule has 0 aromatic carbocycles. The van der Waals surface area contributed by atoms with E-state index in [0.29, 0.717) is 12.1 Å². The van der Waals surface area contributed by atoms with Crippen LogP contribution >= 0.6 is 0 Å². The number of ether oxygens (including phenoxy) is 2. The molecule has 13 heavy (non-hydrogen) atoms. The van der Waals surface area contributed by atoms with Gasteiger partial charge in [-0.25, -0.2) is 0 Å². The highest BCUT2D eigenvalue weighted by atomic mass is 16.5. The van der Waals surface area contributed by atoms with Gasteiger partial charge in [0, 0.05) is 26.2 Å². The lowest BCUT2D eigenvalue weighted by molar-refractivity contribution is 0.0000890. The van der Waals surface area contributed by atoms with Crippen molar-refractivity contribution in [2.45, 2.75) is 39.0 Å². The summed E-state index contributed by atoms with van der Waals surface area (Å²) in [6.07, 6.45) is 0.551. The van der Waals surface area contributed by atoms with Gasteiger partial charge in [-0.3, -0.25) is 4.90 Å². The minimum atomic E-state index is 0.229. The third-order valence-electron chi connectivity index (χ3n) is 2.56. The second-order valence-electron chi connectivity index (χ2n) is 4.05. The SMILES string of the molecule is CO[C@@H]1CO[C@H](C)CN(C(C)C)C1. The summed E-state index contributed by atoms with van der Waals surface area (Å²) in [5, 5.41) is 0. The molecular weight excluding hydrogens is 166 g/mol. The normalized spacial score (nSPS) is 32.1. The lowest BCUT2D eigenvalue weighted by Gasteiger charge is -2.27. The molecule has 78 valence electrons. The number of hydrogen-bond donors (Lipinski definition) is 0. The fourth-order valence-corrected chi connectivity index (χ4v) is 1.61. The summed E-state index contributed by atoms with van der Waals surface area (Å²) in [6, 6.07) is 0.571. The van der Waals surface area contributed by atoms with Gasteiger partial charge in [0.25, 0.3) is 0 Å². The second-order valence-corrected chi connectivity index (χ2v) is 4.05. The van der Waals surface area contributed by atoms with Crippen LogP contribution in [0.15, 0.2) is 0 Å². The Hall–Kier alpha value is -0.120. The molecule has 1 rings (SSSR count). The van der Waals surface area contributed by atoms with E-state index in [-0.39, 0.29) is 6.10 Å². The van der Waals surface area contributed by atoms with Crippen LogP contribution < -0.4 is 0 Å². The molecule has 0 amide bonds.